The number of aromatic nitrogens is 3. The summed E-state index contributed by atoms with van der Waals surface area (Å²) >= 11 is 0. The molecule has 0 aliphatic carbocycles. The molecule has 7 nitrogen and oxygen atoms in total. The number of amides is 1. The summed E-state index contributed by atoms with van der Waals surface area (Å²) in [6.45, 7) is 9.01. The van der Waals surface area contributed by atoms with Crippen LogP contribution in [0.4, 0.5) is 0 Å². The Morgan fingerprint density at radius 1 is 1.29 bits per heavy atom. The highest BCUT2D eigenvalue weighted by Crippen LogP contribution is 2.27. The van der Waals surface area contributed by atoms with Crippen molar-refractivity contribution in [1.29, 1.82) is 0 Å². The van der Waals surface area contributed by atoms with Crippen LogP contribution >= 0.6 is 0 Å². The smallest absolute Gasteiger partial charge is 0.225 e. The molecule has 1 aliphatic rings. The van der Waals surface area contributed by atoms with Gasteiger partial charge in [-0.05, 0) is 33.1 Å². The second-order valence-corrected chi connectivity index (χ2v) is 6.70. The summed E-state index contributed by atoms with van der Waals surface area (Å²) < 4.78 is 10.3. The molecule has 3 heterocycles. The predicted octanol–water partition coefficient (Wildman–Crippen LogP) is 2.57. The van der Waals surface area contributed by atoms with E-state index in [0.717, 1.165) is 36.4 Å². The molecular weight excluding hydrogens is 308 g/mol. The average molecular weight is 332 g/mol. The monoisotopic (exact) mass is 332 g/mol. The van der Waals surface area contributed by atoms with Gasteiger partial charge >= 0.3 is 0 Å². The number of likely N-dealkylation sites (tertiary alicyclic amines) is 1. The third kappa shape index (κ3) is 3.34. The van der Waals surface area contributed by atoms with E-state index in [-0.39, 0.29) is 17.7 Å². The highest BCUT2D eigenvalue weighted by molar-refractivity contribution is 5.79. The number of carbonyl (C=O) groups is 1. The fraction of sp³-hybridized carbons (Fsp3) is 0.647. The van der Waals surface area contributed by atoms with E-state index in [0.29, 0.717) is 24.7 Å². The summed E-state index contributed by atoms with van der Waals surface area (Å²) in [4.78, 5) is 19.1. The van der Waals surface area contributed by atoms with Gasteiger partial charge in [0, 0.05) is 37.4 Å². The van der Waals surface area contributed by atoms with Crippen molar-refractivity contribution in [3.63, 3.8) is 0 Å². The van der Waals surface area contributed by atoms with Gasteiger partial charge in [-0.2, -0.15) is 4.98 Å². The molecule has 24 heavy (non-hydrogen) atoms. The van der Waals surface area contributed by atoms with E-state index in [2.05, 4.69) is 15.3 Å². The molecule has 7 heteroatoms. The van der Waals surface area contributed by atoms with Gasteiger partial charge in [-0.3, -0.25) is 4.79 Å². The molecule has 0 saturated carbocycles. The lowest BCUT2D eigenvalue weighted by Gasteiger charge is -2.33. The molecule has 0 spiro atoms. The Morgan fingerprint density at radius 2 is 2.08 bits per heavy atom. The maximum absolute atomic E-state index is 12.8. The van der Waals surface area contributed by atoms with Crippen LogP contribution in [0, 0.1) is 26.7 Å². The standard InChI is InChI=1S/C17H24N4O3/c1-10(8-15-11(2)19-23-12(15)3)17(22)21-7-5-6-14(9-21)16-18-13(4)24-20-16/h10,14H,5-9H2,1-4H3/t10-,14+/m1/s1. The second-order valence-electron chi connectivity index (χ2n) is 6.70. The molecule has 0 unspecified atom stereocenters. The normalized spacial score (nSPS) is 19.5. The summed E-state index contributed by atoms with van der Waals surface area (Å²) in [5.74, 6) is 2.30. The maximum atomic E-state index is 12.8. The molecule has 0 aromatic carbocycles. The Bertz CT molecular complexity index is 702. The third-order valence-electron chi connectivity index (χ3n) is 4.75. The number of piperidine rings is 1. The number of nitrogens with zero attached hydrogens (tertiary/aromatic N) is 4. The fourth-order valence-electron chi connectivity index (χ4n) is 3.37. The van der Waals surface area contributed by atoms with Gasteiger partial charge in [-0.25, -0.2) is 0 Å². The lowest BCUT2D eigenvalue weighted by molar-refractivity contribution is -0.136. The minimum atomic E-state index is -0.104. The van der Waals surface area contributed by atoms with Crippen molar-refractivity contribution in [2.75, 3.05) is 13.1 Å². The Kier molecular flexibility index (Phi) is 4.69. The molecule has 2 atom stereocenters. The number of carbonyl (C=O) groups excluding carboxylic acids is 1. The van der Waals surface area contributed by atoms with Gasteiger partial charge in [0.15, 0.2) is 5.82 Å². The van der Waals surface area contributed by atoms with E-state index in [4.69, 9.17) is 9.05 Å². The summed E-state index contributed by atoms with van der Waals surface area (Å²) in [6, 6.07) is 0. The molecule has 1 aliphatic heterocycles. The molecule has 2 aromatic heterocycles. The van der Waals surface area contributed by atoms with E-state index in [1.807, 2.05) is 25.7 Å². The Hall–Kier alpha value is -2.18. The molecule has 1 saturated heterocycles. The zero-order chi connectivity index (χ0) is 17.3. The van der Waals surface area contributed by atoms with E-state index < -0.39 is 0 Å². The van der Waals surface area contributed by atoms with Crippen LogP contribution in [0.5, 0.6) is 0 Å². The molecule has 3 rings (SSSR count). The summed E-state index contributed by atoms with van der Waals surface area (Å²) in [5, 5.41) is 7.99. The minimum Gasteiger partial charge on any atom is -0.361 e. The highest BCUT2D eigenvalue weighted by atomic mass is 16.5. The second kappa shape index (κ2) is 6.75. The quantitative estimate of drug-likeness (QED) is 0.855. The molecule has 0 bridgehead atoms. The predicted molar refractivity (Wildman–Crippen MR) is 86.4 cm³/mol. The molecular formula is C17H24N4O3. The van der Waals surface area contributed by atoms with Crippen molar-refractivity contribution in [2.45, 2.75) is 52.9 Å². The number of hydrogen-bond acceptors (Lipinski definition) is 6. The lowest BCUT2D eigenvalue weighted by atomic mass is 9.94. The number of hydrogen-bond donors (Lipinski definition) is 0. The number of aryl methyl sites for hydroxylation is 3. The Labute approximate surface area is 141 Å². The first-order chi connectivity index (χ1) is 11.5. The van der Waals surface area contributed by atoms with Crippen molar-refractivity contribution < 1.29 is 13.8 Å². The summed E-state index contributed by atoms with van der Waals surface area (Å²) in [5.41, 5.74) is 1.91. The van der Waals surface area contributed by atoms with Crippen LogP contribution in [0.15, 0.2) is 9.05 Å². The van der Waals surface area contributed by atoms with Crippen LogP contribution in [0.3, 0.4) is 0 Å². The lowest BCUT2D eigenvalue weighted by Crippen LogP contribution is -2.42. The third-order valence-corrected chi connectivity index (χ3v) is 4.75. The highest BCUT2D eigenvalue weighted by Gasteiger charge is 2.30. The van der Waals surface area contributed by atoms with Crippen LogP contribution in [0.25, 0.3) is 0 Å². The van der Waals surface area contributed by atoms with Gasteiger partial charge in [0.2, 0.25) is 11.8 Å². The maximum Gasteiger partial charge on any atom is 0.225 e. The van der Waals surface area contributed by atoms with Crippen molar-refractivity contribution in [3.05, 3.63) is 28.7 Å². The van der Waals surface area contributed by atoms with Crippen molar-refractivity contribution in [2.24, 2.45) is 5.92 Å². The molecule has 0 N–H and O–H groups in total. The van der Waals surface area contributed by atoms with E-state index in [9.17, 15) is 4.79 Å². The first-order valence-corrected chi connectivity index (χ1v) is 8.46. The molecule has 2 aromatic rings. The molecule has 130 valence electrons. The topological polar surface area (TPSA) is 85.3 Å². The SMILES string of the molecule is Cc1nc([C@H]2CCCN(C(=O)[C@H](C)Cc3c(C)noc3C)C2)no1. The average Bonchev–Trinajstić information content (AvgIpc) is 3.15. The van der Waals surface area contributed by atoms with E-state index >= 15 is 0 Å². The molecule has 1 fully saturated rings. The number of rotatable bonds is 4. The largest absolute Gasteiger partial charge is 0.361 e. The van der Waals surface area contributed by atoms with Crippen LogP contribution in [-0.4, -0.2) is 39.2 Å². The van der Waals surface area contributed by atoms with Gasteiger partial charge in [-0.15, -0.1) is 0 Å². The van der Waals surface area contributed by atoms with Crippen LogP contribution < -0.4 is 0 Å². The van der Waals surface area contributed by atoms with Crippen molar-refractivity contribution >= 4 is 5.91 Å². The fourth-order valence-corrected chi connectivity index (χ4v) is 3.37. The van der Waals surface area contributed by atoms with Gasteiger partial charge in [0.1, 0.15) is 5.76 Å². The van der Waals surface area contributed by atoms with Crippen molar-refractivity contribution in [3.8, 4) is 0 Å². The van der Waals surface area contributed by atoms with Gasteiger partial charge < -0.3 is 13.9 Å². The van der Waals surface area contributed by atoms with Crippen LogP contribution in [-0.2, 0) is 11.2 Å². The van der Waals surface area contributed by atoms with E-state index in [1.54, 1.807) is 6.92 Å². The van der Waals surface area contributed by atoms with Crippen molar-refractivity contribution in [1.82, 2.24) is 20.2 Å². The first-order valence-electron chi connectivity index (χ1n) is 8.46. The van der Waals surface area contributed by atoms with Crippen LogP contribution in [0.1, 0.15) is 54.4 Å². The van der Waals surface area contributed by atoms with Crippen LogP contribution in [0.2, 0.25) is 0 Å². The minimum absolute atomic E-state index is 0.104. The zero-order valence-corrected chi connectivity index (χ0v) is 14.7. The van der Waals surface area contributed by atoms with E-state index in [1.165, 1.54) is 0 Å². The Morgan fingerprint density at radius 3 is 2.71 bits per heavy atom. The Balaban J connectivity index is 1.65. The first kappa shape index (κ1) is 16.7. The van der Waals surface area contributed by atoms with Gasteiger partial charge in [0.05, 0.1) is 5.69 Å². The van der Waals surface area contributed by atoms with Gasteiger partial charge in [-0.1, -0.05) is 17.2 Å². The summed E-state index contributed by atoms with van der Waals surface area (Å²) in [6.07, 6.45) is 2.60. The summed E-state index contributed by atoms with van der Waals surface area (Å²) in [7, 11) is 0. The zero-order valence-electron chi connectivity index (χ0n) is 14.7. The molecule has 1 amide bonds. The molecule has 0 radical (unpaired) electrons. The van der Waals surface area contributed by atoms with Gasteiger partial charge in [0.25, 0.3) is 0 Å².